The molecule has 0 radical (unpaired) electrons. The van der Waals surface area contributed by atoms with E-state index < -0.39 is 0 Å². The van der Waals surface area contributed by atoms with Crippen molar-refractivity contribution in [3.63, 3.8) is 0 Å². The molecule has 1 aliphatic carbocycles. The van der Waals surface area contributed by atoms with Crippen LogP contribution >= 0.6 is 11.6 Å². The van der Waals surface area contributed by atoms with Crippen molar-refractivity contribution in [3.05, 3.63) is 47.1 Å². The third-order valence-corrected chi connectivity index (χ3v) is 4.48. The molecule has 5 nitrogen and oxygen atoms in total. The van der Waals surface area contributed by atoms with Crippen molar-refractivity contribution < 1.29 is 0 Å². The van der Waals surface area contributed by atoms with Gasteiger partial charge in [0.1, 0.15) is 17.3 Å². The van der Waals surface area contributed by atoms with Crippen LogP contribution in [-0.2, 0) is 0 Å². The first kappa shape index (κ1) is 13.2. The van der Waals surface area contributed by atoms with E-state index in [0.29, 0.717) is 28.4 Å². The fraction of sp³-hybridized carbons (Fsp3) is 0.250. The molecule has 0 bridgehead atoms. The average molecular weight is 310 g/mol. The number of aromatic nitrogens is 4. The Hall–Kier alpha value is -2.45. The lowest BCUT2D eigenvalue weighted by Gasteiger charge is -2.03. The highest BCUT2D eigenvalue weighted by atomic mass is 35.5. The molecule has 4 rings (SSSR count). The van der Waals surface area contributed by atoms with E-state index >= 15 is 0 Å². The molecule has 0 amide bonds. The Bertz CT molecular complexity index is 924. The summed E-state index contributed by atoms with van der Waals surface area (Å²) in [6.45, 7) is 2.22. The summed E-state index contributed by atoms with van der Waals surface area (Å²) in [6, 6.07) is 5.56. The molecule has 2 unspecified atom stereocenters. The third kappa shape index (κ3) is 1.96. The molecule has 22 heavy (non-hydrogen) atoms. The Labute approximate surface area is 132 Å². The van der Waals surface area contributed by atoms with Gasteiger partial charge in [0, 0.05) is 12.4 Å². The van der Waals surface area contributed by atoms with Gasteiger partial charge in [0.25, 0.3) is 0 Å². The molecule has 0 saturated heterocycles. The molecule has 108 valence electrons. The van der Waals surface area contributed by atoms with Gasteiger partial charge in [-0.2, -0.15) is 5.26 Å². The number of rotatable bonds is 2. The van der Waals surface area contributed by atoms with Gasteiger partial charge in [-0.1, -0.05) is 18.5 Å². The van der Waals surface area contributed by atoms with E-state index in [0.717, 1.165) is 23.0 Å². The van der Waals surface area contributed by atoms with Crippen LogP contribution in [0.15, 0.2) is 30.9 Å². The molecule has 1 aliphatic rings. The van der Waals surface area contributed by atoms with Crippen LogP contribution < -0.4 is 0 Å². The standard InChI is InChI=1S/C16H12ClN5/c1-9-4-11(9)12-7-22(13-5-10(6-18)2-3-19-13)16-14(12)15(17)20-8-21-16/h2-3,5,7-9,11H,4H2,1H3. The molecule has 3 aromatic heterocycles. The first-order valence-corrected chi connectivity index (χ1v) is 7.45. The van der Waals surface area contributed by atoms with Gasteiger partial charge in [-0.25, -0.2) is 15.0 Å². The summed E-state index contributed by atoms with van der Waals surface area (Å²) in [5.41, 5.74) is 2.46. The molecule has 2 atom stereocenters. The lowest BCUT2D eigenvalue weighted by Crippen LogP contribution is -1.97. The SMILES string of the molecule is CC1CC1c1cn(-c2cc(C#N)ccn2)c2ncnc(Cl)c12. The van der Waals surface area contributed by atoms with Crippen molar-refractivity contribution >= 4 is 22.6 Å². The van der Waals surface area contributed by atoms with Gasteiger partial charge in [-0.3, -0.25) is 4.57 Å². The van der Waals surface area contributed by atoms with Crippen molar-refractivity contribution in [2.75, 3.05) is 0 Å². The van der Waals surface area contributed by atoms with Crippen LogP contribution in [0.3, 0.4) is 0 Å². The smallest absolute Gasteiger partial charge is 0.150 e. The van der Waals surface area contributed by atoms with Crippen molar-refractivity contribution in [2.24, 2.45) is 5.92 Å². The zero-order valence-electron chi connectivity index (χ0n) is 11.9. The Morgan fingerprint density at radius 3 is 2.91 bits per heavy atom. The number of nitriles is 1. The molecule has 0 N–H and O–H groups in total. The maximum Gasteiger partial charge on any atom is 0.150 e. The second-order valence-electron chi connectivity index (χ2n) is 5.65. The molecular weight excluding hydrogens is 298 g/mol. The molecule has 0 spiro atoms. The number of pyridine rings is 1. The number of fused-ring (bicyclic) bond motifs is 1. The lowest BCUT2D eigenvalue weighted by molar-refractivity contribution is 0.912. The Kier molecular flexibility index (Phi) is 2.88. The van der Waals surface area contributed by atoms with Crippen molar-refractivity contribution in [3.8, 4) is 11.9 Å². The van der Waals surface area contributed by atoms with Crippen LogP contribution in [0.2, 0.25) is 5.15 Å². The van der Waals surface area contributed by atoms with Gasteiger partial charge in [-0.05, 0) is 36.0 Å². The third-order valence-electron chi connectivity index (χ3n) is 4.20. The molecule has 0 aliphatic heterocycles. The molecule has 3 heterocycles. The number of halogens is 1. The van der Waals surface area contributed by atoms with Crippen LogP contribution in [0.1, 0.15) is 30.4 Å². The first-order valence-electron chi connectivity index (χ1n) is 7.07. The topological polar surface area (TPSA) is 67.4 Å². The monoisotopic (exact) mass is 309 g/mol. The maximum atomic E-state index is 9.07. The second-order valence-corrected chi connectivity index (χ2v) is 6.01. The summed E-state index contributed by atoms with van der Waals surface area (Å²) in [6.07, 6.45) is 6.26. The van der Waals surface area contributed by atoms with Gasteiger partial charge in [0.2, 0.25) is 0 Å². The molecule has 6 heteroatoms. The average Bonchev–Trinajstić information content (AvgIpc) is 3.12. The quantitative estimate of drug-likeness (QED) is 0.680. The van der Waals surface area contributed by atoms with E-state index in [9.17, 15) is 0 Å². The number of hydrogen-bond acceptors (Lipinski definition) is 4. The van der Waals surface area contributed by atoms with Crippen LogP contribution in [0.25, 0.3) is 16.9 Å². The minimum Gasteiger partial charge on any atom is -0.285 e. The largest absolute Gasteiger partial charge is 0.285 e. The Morgan fingerprint density at radius 1 is 1.36 bits per heavy atom. The second kappa shape index (κ2) is 4.79. The predicted molar refractivity (Wildman–Crippen MR) is 82.9 cm³/mol. The molecule has 1 fully saturated rings. The zero-order chi connectivity index (χ0) is 15.3. The van der Waals surface area contributed by atoms with E-state index in [2.05, 4.69) is 27.9 Å². The molecule has 1 saturated carbocycles. The first-order chi connectivity index (χ1) is 10.7. The van der Waals surface area contributed by atoms with Gasteiger partial charge in [0.05, 0.1) is 17.0 Å². The summed E-state index contributed by atoms with van der Waals surface area (Å²) in [5, 5.41) is 10.4. The molecular formula is C16H12ClN5. The molecule has 0 aromatic carbocycles. The van der Waals surface area contributed by atoms with Crippen molar-refractivity contribution in [2.45, 2.75) is 19.3 Å². The van der Waals surface area contributed by atoms with Gasteiger partial charge < -0.3 is 0 Å². The van der Waals surface area contributed by atoms with E-state index in [4.69, 9.17) is 16.9 Å². The summed E-state index contributed by atoms with van der Waals surface area (Å²) in [7, 11) is 0. The minimum absolute atomic E-state index is 0.467. The van der Waals surface area contributed by atoms with Crippen molar-refractivity contribution in [1.82, 2.24) is 19.5 Å². The lowest BCUT2D eigenvalue weighted by atomic mass is 10.1. The fourth-order valence-electron chi connectivity index (χ4n) is 2.88. The van der Waals surface area contributed by atoms with Crippen LogP contribution in [-0.4, -0.2) is 19.5 Å². The minimum atomic E-state index is 0.467. The van der Waals surface area contributed by atoms with Crippen LogP contribution in [0, 0.1) is 17.2 Å². The number of hydrogen-bond donors (Lipinski definition) is 0. The normalized spacial score (nSPS) is 20.0. The van der Waals surface area contributed by atoms with E-state index in [1.165, 1.54) is 6.33 Å². The van der Waals surface area contributed by atoms with Crippen LogP contribution in [0.5, 0.6) is 0 Å². The highest BCUT2D eigenvalue weighted by Crippen LogP contribution is 2.50. The predicted octanol–water partition coefficient (Wildman–Crippen LogP) is 3.46. The Balaban J connectivity index is 1.98. The summed E-state index contributed by atoms with van der Waals surface area (Å²) in [4.78, 5) is 12.8. The van der Waals surface area contributed by atoms with Gasteiger partial charge >= 0.3 is 0 Å². The highest BCUT2D eigenvalue weighted by molar-refractivity contribution is 6.34. The van der Waals surface area contributed by atoms with E-state index in [1.807, 2.05) is 10.8 Å². The van der Waals surface area contributed by atoms with E-state index in [-0.39, 0.29) is 0 Å². The fourth-order valence-corrected chi connectivity index (χ4v) is 3.12. The van der Waals surface area contributed by atoms with Gasteiger partial charge in [-0.15, -0.1) is 0 Å². The summed E-state index contributed by atoms with van der Waals surface area (Å²) >= 11 is 6.30. The van der Waals surface area contributed by atoms with Crippen molar-refractivity contribution in [1.29, 1.82) is 5.26 Å². The highest BCUT2D eigenvalue weighted by Gasteiger charge is 2.37. The van der Waals surface area contributed by atoms with Gasteiger partial charge in [0.15, 0.2) is 5.65 Å². The number of nitrogens with zero attached hydrogens (tertiary/aromatic N) is 5. The van der Waals surface area contributed by atoms with E-state index in [1.54, 1.807) is 18.3 Å². The summed E-state index contributed by atoms with van der Waals surface area (Å²) < 4.78 is 1.89. The van der Waals surface area contributed by atoms with Crippen LogP contribution in [0.4, 0.5) is 0 Å². The summed E-state index contributed by atoms with van der Waals surface area (Å²) in [5.74, 6) is 1.80. The maximum absolute atomic E-state index is 9.07. The zero-order valence-corrected chi connectivity index (χ0v) is 12.6. The Morgan fingerprint density at radius 2 is 2.18 bits per heavy atom. The molecule has 3 aromatic rings.